The average molecular weight is 202 g/mol. The molecule has 1 fully saturated rings. The SMILES string of the molecule is CC(=O)CC1CC(c2ccc(C)cc2)C1. The molecule has 0 unspecified atom stereocenters. The van der Waals surface area contributed by atoms with E-state index in [-0.39, 0.29) is 0 Å². The zero-order chi connectivity index (χ0) is 10.8. The number of benzene rings is 1. The monoisotopic (exact) mass is 202 g/mol. The second-order valence-electron chi connectivity index (χ2n) is 4.85. The van der Waals surface area contributed by atoms with Gasteiger partial charge in [-0.05, 0) is 44.1 Å². The smallest absolute Gasteiger partial charge is 0.130 e. The fourth-order valence-electron chi connectivity index (χ4n) is 2.42. The van der Waals surface area contributed by atoms with Gasteiger partial charge in [0.1, 0.15) is 5.78 Å². The highest BCUT2D eigenvalue weighted by atomic mass is 16.1. The molecule has 15 heavy (non-hydrogen) atoms. The number of rotatable bonds is 3. The Morgan fingerprint density at radius 2 is 1.87 bits per heavy atom. The molecule has 1 aliphatic carbocycles. The van der Waals surface area contributed by atoms with Crippen LogP contribution in [0.5, 0.6) is 0 Å². The van der Waals surface area contributed by atoms with E-state index in [0.717, 1.165) is 6.42 Å². The minimum atomic E-state index is 0.336. The van der Waals surface area contributed by atoms with Crippen LogP contribution in [0.3, 0.4) is 0 Å². The van der Waals surface area contributed by atoms with Crippen molar-refractivity contribution in [2.24, 2.45) is 5.92 Å². The summed E-state index contributed by atoms with van der Waals surface area (Å²) in [6.45, 7) is 3.81. The van der Waals surface area contributed by atoms with E-state index in [1.807, 2.05) is 0 Å². The minimum Gasteiger partial charge on any atom is -0.300 e. The third-order valence-corrected chi connectivity index (χ3v) is 3.36. The molecule has 0 amide bonds. The van der Waals surface area contributed by atoms with Crippen LogP contribution in [0, 0.1) is 12.8 Å². The van der Waals surface area contributed by atoms with E-state index in [1.165, 1.54) is 24.0 Å². The molecule has 0 radical (unpaired) electrons. The molecule has 0 atom stereocenters. The Labute approximate surface area is 91.5 Å². The number of carbonyl (C=O) groups excluding carboxylic acids is 1. The van der Waals surface area contributed by atoms with Crippen LogP contribution in [0.25, 0.3) is 0 Å². The van der Waals surface area contributed by atoms with Crippen molar-refractivity contribution in [1.82, 2.24) is 0 Å². The molecule has 0 heterocycles. The molecule has 1 aromatic rings. The van der Waals surface area contributed by atoms with Crippen LogP contribution in [0.2, 0.25) is 0 Å². The third-order valence-electron chi connectivity index (χ3n) is 3.36. The van der Waals surface area contributed by atoms with Crippen LogP contribution in [-0.2, 0) is 4.79 Å². The van der Waals surface area contributed by atoms with Crippen molar-refractivity contribution in [2.45, 2.75) is 39.0 Å². The molecule has 0 N–H and O–H groups in total. The number of hydrogen-bond acceptors (Lipinski definition) is 1. The van der Waals surface area contributed by atoms with Gasteiger partial charge in [-0.1, -0.05) is 29.8 Å². The first-order valence-electron chi connectivity index (χ1n) is 5.71. The molecule has 0 aliphatic heterocycles. The van der Waals surface area contributed by atoms with E-state index in [4.69, 9.17) is 0 Å². The Morgan fingerprint density at radius 3 is 2.40 bits per heavy atom. The molecule has 1 saturated carbocycles. The van der Waals surface area contributed by atoms with Gasteiger partial charge in [-0.25, -0.2) is 0 Å². The second-order valence-corrected chi connectivity index (χ2v) is 4.85. The lowest BCUT2D eigenvalue weighted by Gasteiger charge is -2.35. The van der Waals surface area contributed by atoms with Crippen molar-refractivity contribution in [1.29, 1.82) is 0 Å². The Bertz CT molecular complexity index is 344. The van der Waals surface area contributed by atoms with Crippen LogP contribution < -0.4 is 0 Å². The molecule has 1 aromatic carbocycles. The maximum absolute atomic E-state index is 10.9. The van der Waals surface area contributed by atoms with E-state index >= 15 is 0 Å². The van der Waals surface area contributed by atoms with E-state index in [0.29, 0.717) is 17.6 Å². The van der Waals surface area contributed by atoms with Crippen molar-refractivity contribution in [2.75, 3.05) is 0 Å². The highest BCUT2D eigenvalue weighted by Crippen LogP contribution is 2.43. The summed E-state index contributed by atoms with van der Waals surface area (Å²) in [5, 5.41) is 0. The van der Waals surface area contributed by atoms with Crippen molar-refractivity contribution in [3.05, 3.63) is 35.4 Å². The predicted molar refractivity (Wildman–Crippen MR) is 61.9 cm³/mol. The van der Waals surface area contributed by atoms with Crippen LogP contribution in [-0.4, -0.2) is 5.78 Å². The van der Waals surface area contributed by atoms with E-state index in [9.17, 15) is 4.79 Å². The minimum absolute atomic E-state index is 0.336. The van der Waals surface area contributed by atoms with Crippen molar-refractivity contribution >= 4 is 5.78 Å². The standard InChI is InChI=1S/C14H18O/c1-10-3-5-13(6-4-10)14-8-12(9-14)7-11(2)15/h3-6,12,14H,7-9H2,1-2H3. The highest BCUT2D eigenvalue weighted by Gasteiger charge is 2.30. The van der Waals surface area contributed by atoms with Gasteiger partial charge in [0, 0.05) is 6.42 Å². The van der Waals surface area contributed by atoms with Gasteiger partial charge in [0.2, 0.25) is 0 Å². The first-order chi connectivity index (χ1) is 7.15. The summed E-state index contributed by atoms with van der Waals surface area (Å²) >= 11 is 0. The predicted octanol–water partition coefficient (Wildman–Crippen LogP) is 3.47. The van der Waals surface area contributed by atoms with Gasteiger partial charge in [-0.3, -0.25) is 0 Å². The summed E-state index contributed by atoms with van der Waals surface area (Å²) in [7, 11) is 0. The lowest BCUT2D eigenvalue weighted by Crippen LogP contribution is -2.23. The molecular formula is C14H18O. The van der Waals surface area contributed by atoms with E-state index in [2.05, 4.69) is 31.2 Å². The van der Waals surface area contributed by atoms with Gasteiger partial charge in [0.15, 0.2) is 0 Å². The number of carbonyl (C=O) groups is 1. The quantitative estimate of drug-likeness (QED) is 0.733. The Kier molecular flexibility index (Phi) is 2.90. The second kappa shape index (κ2) is 4.18. The third kappa shape index (κ3) is 2.47. The normalized spacial score (nSPS) is 24.7. The maximum atomic E-state index is 10.9. The number of Topliss-reactive ketones (excluding diaryl/α,β-unsaturated/α-hetero) is 1. The van der Waals surface area contributed by atoms with Gasteiger partial charge in [0.25, 0.3) is 0 Å². The fraction of sp³-hybridized carbons (Fsp3) is 0.500. The molecule has 0 aromatic heterocycles. The topological polar surface area (TPSA) is 17.1 Å². The molecule has 80 valence electrons. The molecule has 0 saturated heterocycles. The van der Waals surface area contributed by atoms with Crippen LogP contribution in [0.4, 0.5) is 0 Å². The maximum Gasteiger partial charge on any atom is 0.130 e. The van der Waals surface area contributed by atoms with Crippen molar-refractivity contribution in [3.8, 4) is 0 Å². The first-order valence-corrected chi connectivity index (χ1v) is 5.71. The molecule has 0 spiro atoms. The summed E-state index contributed by atoms with van der Waals surface area (Å²) in [5.41, 5.74) is 2.76. The number of hydrogen-bond donors (Lipinski definition) is 0. The molecule has 1 nitrogen and oxygen atoms in total. The van der Waals surface area contributed by atoms with Crippen molar-refractivity contribution < 1.29 is 4.79 Å². The summed E-state index contributed by atoms with van der Waals surface area (Å²) in [5.74, 6) is 1.69. The molecular weight excluding hydrogens is 184 g/mol. The van der Waals surface area contributed by atoms with Crippen LogP contribution in [0.15, 0.2) is 24.3 Å². The zero-order valence-corrected chi connectivity index (χ0v) is 9.49. The first kappa shape index (κ1) is 10.4. The van der Waals surface area contributed by atoms with E-state index in [1.54, 1.807) is 6.92 Å². The van der Waals surface area contributed by atoms with Gasteiger partial charge in [-0.15, -0.1) is 0 Å². The summed E-state index contributed by atoms with van der Waals surface area (Å²) in [6.07, 6.45) is 3.17. The van der Waals surface area contributed by atoms with Gasteiger partial charge in [-0.2, -0.15) is 0 Å². The molecule has 1 heteroatoms. The Morgan fingerprint density at radius 1 is 1.27 bits per heavy atom. The zero-order valence-electron chi connectivity index (χ0n) is 9.49. The summed E-state index contributed by atoms with van der Waals surface area (Å²) in [6, 6.07) is 8.80. The Hall–Kier alpha value is -1.11. The highest BCUT2D eigenvalue weighted by molar-refractivity contribution is 5.75. The summed E-state index contributed by atoms with van der Waals surface area (Å²) < 4.78 is 0. The van der Waals surface area contributed by atoms with Crippen LogP contribution >= 0.6 is 0 Å². The van der Waals surface area contributed by atoms with Gasteiger partial charge >= 0.3 is 0 Å². The summed E-state index contributed by atoms with van der Waals surface area (Å²) in [4.78, 5) is 10.9. The van der Waals surface area contributed by atoms with E-state index < -0.39 is 0 Å². The Balaban J connectivity index is 1.89. The molecule has 2 rings (SSSR count). The average Bonchev–Trinajstić information content (AvgIpc) is 2.12. The van der Waals surface area contributed by atoms with Crippen molar-refractivity contribution in [3.63, 3.8) is 0 Å². The van der Waals surface area contributed by atoms with Gasteiger partial charge in [0.05, 0.1) is 0 Å². The van der Waals surface area contributed by atoms with Crippen LogP contribution in [0.1, 0.15) is 43.2 Å². The van der Waals surface area contributed by atoms with Gasteiger partial charge < -0.3 is 4.79 Å². The lowest BCUT2D eigenvalue weighted by molar-refractivity contribution is -0.118. The largest absolute Gasteiger partial charge is 0.300 e. The number of aryl methyl sites for hydroxylation is 1. The lowest BCUT2D eigenvalue weighted by atomic mass is 9.69. The number of ketones is 1. The fourth-order valence-corrected chi connectivity index (χ4v) is 2.42. The molecule has 1 aliphatic rings. The molecule has 0 bridgehead atoms.